The van der Waals surface area contributed by atoms with Crippen LogP contribution in [-0.4, -0.2) is 19.2 Å². The number of para-hydroxylation sites is 1. The van der Waals surface area contributed by atoms with E-state index < -0.39 is 21.6 Å². The molecule has 0 N–H and O–H groups in total. The Morgan fingerprint density at radius 2 is 1.58 bits per heavy atom. The van der Waals surface area contributed by atoms with E-state index in [1.165, 1.54) is 18.2 Å². The molecule has 0 aliphatic heterocycles. The molecule has 8 heteroatoms. The van der Waals surface area contributed by atoms with E-state index >= 15 is 0 Å². The largest absolute Gasteiger partial charge is 0.418 e. The maximum absolute atomic E-state index is 13.5. The number of halogens is 3. The molecule has 33 heavy (non-hydrogen) atoms. The van der Waals surface area contributed by atoms with E-state index in [0.717, 1.165) is 12.3 Å². The second kappa shape index (κ2) is 8.34. The molecule has 4 rings (SSSR count). The Kier molecular flexibility index (Phi) is 5.68. The summed E-state index contributed by atoms with van der Waals surface area (Å²) in [6.07, 6.45) is -3.45. The van der Waals surface area contributed by atoms with E-state index in [1.54, 1.807) is 49.4 Å². The fourth-order valence-electron chi connectivity index (χ4n) is 3.74. The first kappa shape index (κ1) is 22.5. The Balaban J connectivity index is 1.94. The predicted molar refractivity (Wildman–Crippen MR) is 120 cm³/mol. The zero-order valence-corrected chi connectivity index (χ0v) is 18.2. The third kappa shape index (κ3) is 4.20. The number of pyridine rings is 1. The van der Waals surface area contributed by atoms with Crippen molar-refractivity contribution >= 4 is 20.7 Å². The minimum absolute atomic E-state index is 0.0352. The van der Waals surface area contributed by atoms with Crippen LogP contribution in [0, 0.1) is 11.3 Å². The summed E-state index contributed by atoms with van der Waals surface area (Å²) in [7, 11) is -3.41. The van der Waals surface area contributed by atoms with Crippen molar-refractivity contribution in [3.05, 3.63) is 84.1 Å². The van der Waals surface area contributed by atoms with E-state index in [9.17, 15) is 26.9 Å². The summed E-state index contributed by atoms with van der Waals surface area (Å²) in [6.45, 7) is 1.57. The average Bonchev–Trinajstić information content (AvgIpc) is 2.82. The van der Waals surface area contributed by atoms with Gasteiger partial charge >= 0.3 is 6.18 Å². The zero-order valence-electron chi connectivity index (χ0n) is 17.4. The van der Waals surface area contributed by atoms with Crippen LogP contribution in [0.2, 0.25) is 0 Å². The molecule has 0 bridgehead atoms. The Morgan fingerprint density at radius 1 is 0.939 bits per heavy atom. The number of hydrogen-bond donors (Lipinski definition) is 0. The van der Waals surface area contributed by atoms with Crippen LogP contribution in [0.15, 0.2) is 77.8 Å². The molecule has 4 nitrogen and oxygen atoms in total. The Labute approximate surface area is 188 Å². The van der Waals surface area contributed by atoms with Gasteiger partial charge in [-0.05, 0) is 41.0 Å². The summed E-state index contributed by atoms with van der Waals surface area (Å²) in [5.41, 5.74) is 1.20. The smallest absolute Gasteiger partial charge is 0.254 e. The first-order valence-corrected chi connectivity index (χ1v) is 11.6. The van der Waals surface area contributed by atoms with Crippen LogP contribution in [0.1, 0.15) is 18.1 Å². The molecule has 0 aliphatic rings. The van der Waals surface area contributed by atoms with Gasteiger partial charge in [0.25, 0.3) is 0 Å². The van der Waals surface area contributed by atoms with Crippen molar-refractivity contribution in [3.8, 4) is 28.3 Å². The summed E-state index contributed by atoms with van der Waals surface area (Å²) in [5, 5.41) is 9.84. The summed E-state index contributed by atoms with van der Waals surface area (Å²) >= 11 is 0. The lowest BCUT2D eigenvalue weighted by molar-refractivity contribution is -0.136. The topological polar surface area (TPSA) is 70.8 Å². The van der Waals surface area contributed by atoms with Gasteiger partial charge in [0, 0.05) is 17.1 Å². The highest BCUT2D eigenvalue weighted by molar-refractivity contribution is 7.91. The molecule has 0 unspecified atom stereocenters. The minimum atomic E-state index is -4.59. The summed E-state index contributed by atoms with van der Waals surface area (Å²) in [5.74, 6) is -0.0352. The molecule has 4 aromatic rings. The monoisotopic (exact) mass is 466 g/mol. The van der Waals surface area contributed by atoms with Crippen LogP contribution in [0.5, 0.6) is 0 Å². The van der Waals surface area contributed by atoms with Gasteiger partial charge in [-0.1, -0.05) is 49.4 Å². The van der Waals surface area contributed by atoms with E-state index in [-0.39, 0.29) is 27.1 Å². The molecule has 0 fully saturated rings. The first-order chi connectivity index (χ1) is 15.7. The van der Waals surface area contributed by atoms with Gasteiger partial charge in [0.05, 0.1) is 27.3 Å². The van der Waals surface area contributed by atoms with Crippen molar-refractivity contribution < 1.29 is 21.6 Å². The number of hydrogen-bond acceptors (Lipinski definition) is 4. The van der Waals surface area contributed by atoms with Gasteiger partial charge in [-0.25, -0.2) is 8.42 Å². The van der Waals surface area contributed by atoms with Crippen molar-refractivity contribution in [1.29, 1.82) is 5.26 Å². The number of alkyl halides is 3. The third-order valence-corrected chi connectivity index (χ3v) is 7.11. The molecule has 0 atom stereocenters. The Morgan fingerprint density at radius 3 is 2.24 bits per heavy atom. The molecule has 1 heterocycles. The SMILES string of the molecule is CCS(=O)(=O)c1cccc(-c2cccc(-c3c(C#N)cnc4c(C(F)(F)F)cccc34)c2)c1. The third-order valence-electron chi connectivity index (χ3n) is 5.38. The standard InChI is InChI=1S/C25H17F3N2O2S/c1-2-33(31,32)20-9-4-7-17(13-20)16-6-3-8-18(12-16)23-19(14-29)15-30-24-21(23)10-5-11-22(24)25(26,27)28/h3-13,15H,2H2,1H3. The van der Waals surface area contributed by atoms with Gasteiger partial charge < -0.3 is 0 Å². The number of benzene rings is 3. The van der Waals surface area contributed by atoms with Gasteiger partial charge in [0.1, 0.15) is 6.07 Å². The van der Waals surface area contributed by atoms with E-state index in [4.69, 9.17) is 0 Å². The molecule has 0 radical (unpaired) electrons. The van der Waals surface area contributed by atoms with Crippen molar-refractivity contribution in [3.63, 3.8) is 0 Å². The Hall–Kier alpha value is -3.70. The van der Waals surface area contributed by atoms with Crippen molar-refractivity contribution in [2.24, 2.45) is 0 Å². The van der Waals surface area contributed by atoms with E-state index in [1.807, 2.05) is 6.07 Å². The summed E-state index contributed by atoms with van der Waals surface area (Å²) in [6, 6.07) is 19.2. The van der Waals surface area contributed by atoms with Gasteiger partial charge in [-0.2, -0.15) is 18.4 Å². The zero-order chi connectivity index (χ0) is 23.8. The fourth-order valence-corrected chi connectivity index (χ4v) is 4.66. The molecular weight excluding hydrogens is 449 g/mol. The van der Waals surface area contributed by atoms with Crippen LogP contribution in [0.4, 0.5) is 13.2 Å². The lowest BCUT2D eigenvalue weighted by Crippen LogP contribution is -2.07. The van der Waals surface area contributed by atoms with Gasteiger partial charge in [0.2, 0.25) is 0 Å². The summed E-state index contributed by atoms with van der Waals surface area (Å²) in [4.78, 5) is 4.11. The molecule has 0 saturated heterocycles. The van der Waals surface area contributed by atoms with E-state index in [2.05, 4.69) is 4.98 Å². The van der Waals surface area contributed by atoms with Crippen LogP contribution in [0.25, 0.3) is 33.2 Å². The second-order valence-electron chi connectivity index (χ2n) is 7.37. The molecule has 3 aromatic carbocycles. The molecule has 0 spiro atoms. The predicted octanol–water partition coefficient (Wildman–Crippen LogP) is 6.25. The van der Waals surface area contributed by atoms with Crippen LogP contribution < -0.4 is 0 Å². The lowest BCUT2D eigenvalue weighted by Gasteiger charge is -2.14. The molecule has 166 valence electrons. The quantitative estimate of drug-likeness (QED) is 0.356. The van der Waals surface area contributed by atoms with E-state index in [0.29, 0.717) is 22.3 Å². The maximum Gasteiger partial charge on any atom is 0.418 e. The first-order valence-electron chi connectivity index (χ1n) is 9.98. The number of nitriles is 1. The molecule has 1 aromatic heterocycles. The van der Waals surface area contributed by atoms with Gasteiger partial charge in [0.15, 0.2) is 9.84 Å². The molecule has 0 saturated carbocycles. The van der Waals surface area contributed by atoms with Crippen LogP contribution >= 0.6 is 0 Å². The fraction of sp³-hybridized carbons (Fsp3) is 0.120. The van der Waals surface area contributed by atoms with Gasteiger partial charge in [-0.3, -0.25) is 4.98 Å². The molecule has 0 amide bonds. The Bertz CT molecular complexity index is 1520. The van der Waals surface area contributed by atoms with Gasteiger partial charge in [-0.15, -0.1) is 0 Å². The summed E-state index contributed by atoms with van der Waals surface area (Å²) < 4.78 is 65.1. The van der Waals surface area contributed by atoms with Crippen LogP contribution in [-0.2, 0) is 16.0 Å². The molecule has 0 aliphatic carbocycles. The highest BCUT2D eigenvalue weighted by Crippen LogP contribution is 2.39. The molecular formula is C25H17F3N2O2S. The average molecular weight is 466 g/mol. The van der Waals surface area contributed by atoms with Crippen molar-refractivity contribution in [2.75, 3.05) is 5.75 Å². The number of rotatable bonds is 4. The number of sulfone groups is 1. The lowest BCUT2D eigenvalue weighted by atomic mass is 9.93. The number of nitrogens with zero attached hydrogens (tertiary/aromatic N) is 2. The normalized spacial score (nSPS) is 12.0. The van der Waals surface area contributed by atoms with Crippen LogP contribution in [0.3, 0.4) is 0 Å². The van der Waals surface area contributed by atoms with Crippen molar-refractivity contribution in [2.45, 2.75) is 18.0 Å². The highest BCUT2D eigenvalue weighted by Gasteiger charge is 2.33. The maximum atomic E-state index is 13.5. The highest BCUT2D eigenvalue weighted by atomic mass is 32.2. The number of aromatic nitrogens is 1. The van der Waals surface area contributed by atoms with Crippen molar-refractivity contribution in [1.82, 2.24) is 4.98 Å². The minimum Gasteiger partial charge on any atom is -0.254 e. The second-order valence-corrected chi connectivity index (χ2v) is 9.65. The number of fused-ring (bicyclic) bond motifs is 1.